The summed E-state index contributed by atoms with van der Waals surface area (Å²) in [6.07, 6.45) is 13.5. The standard InChI is InChI=1S/C17H35O2/c1-3-5-7-9-10-11-13-15-17(19)16(18)14-12-8-6-4-2/h16-19H,2-15H2,1H3. The van der Waals surface area contributed by atoms with Gasteiger partial charge < -0.3 is 10.2 Å². The van der Waals surface area contributed by atoms with Crippen LogP contribution in [-0.2, 0) is 0 Å². The van der Waals surface area contributed by atoms with Crippen molar-refractivity contribution in [2.45, 2.75) is 103 Å². The molecule has 2 nitrogen and oxygen atoms in total. The zero-order valence-corrected chi connectivity index (χ0v) is 12.9. The van der Waals surface area contributed by atoms with Gasteiger partial charge in [-0.05, 0) is 12.8 Å². The minimum absolute atomic E-state index is 0.518. The molecular weight excluding hydrogens is 236 g/mol. The Hall–Kier alpha value is -0.0800. The van der Waals surface area contributed by atoms with Gasteiger partial charge in [0, 0.05) is 0 Å². The molecule has 19 heavy (non-hydrogen) atoms. The molecule has 0 saturated heterocycles. The van der Waals surface area contributed by atoms with Crippen molar-refractivity contribution in [1.29, 1.82) is 0 Å². The molecule has 2 unspecified atom stereocenters. The Morgan fingerprint density at radius 2 is 1.11 bits per heavy atom. The summed E-state index contributed by atoms with van der Waals surface area (Å²) >= 11 is 0. The number of aliphatic hydroxyl groups excluding tert-OH is 2. The average molecular weight is 271 g/mol. The van der Waals surface area contributed by atoms with Crippen molar-refractivity contribution >= 4 is 0 Å². The lowest BCUT2D eigenvalue weighted by molar-refractivity contribution is 0.00714. The van der Waals surface area contributed by atoms with E-state index < -0.39 is 12.2 Å². The smallest absolute Gasteiger partial charge is 0.0799 e. The summed E-state index contributed by atoms with van der Waals surface area (Å²) in [5.74, 6) is 0. The highest BCUT2D eigenvalue weighted by Gasteiger charge is 2.14. The van der Waals surface area contributed by atoms with Gasteiger partial charge in [0.05, 0.1) is 12.2 Å². The molecule has 0 aromatic rings. The van der Waals surface area contributed by atoms with E-state index in [1.165, 1.54) is 38.5 Å². The zero-order chi connectivity index (χ0) is 14.3. The molecule has 0 fully saturated rings. The highest BCUT2D eigenvalue weighted by molar-refractivity contribution is 4.67. The molecule has 0 bridgehead atoms. The number of unbranched alkanes of at least 4 members (excludes halogenated alkanes) is 9. The Labute approximate surface area is 120 Å². The first-order valence-corrected chi connectivity index (χ1v) is 8.37. The number of hydrogen-bond acceptors (Lipinski definition) is 2. The first kappa shape index (κ1) is 18.9. The molecule has 0 aliphatic heterocycles. The topological polar surface area (TPSA) is 40.5 Å². The van der Waals surface area contributed by atoms with E-state index in [9.17, 15) is 10.2 Å². The molecule has 0 saturated carbocycles. The highest BCUT2D eigenvalue weighted by atomic mass is 16.3. The molecule has 115 valence electrons. The van der Waals surface area contributed by atoms with E-state index in [2.05, 4.69) is 13.8 Å². The van der Waals surface area contributed by atoms with Crippen LogP contribution < -0.4 is 0 Å². The van der Waals surface area contributed by atoms with Crippen LogP contribution >= 0.6 is 0 Å². The Bertz CT molecular complexity index is 171. The fourth-order valence-electron chi connectivity index (χ4n) is 2.40. The quantitative estimate of drug-likeness (QED) is 0.452. The van der Waals surface area contributed by atoms with Crippen LogP contribution in [0, 0.1) is 6.92 Å². The van der Waals surface area contributed by atoms with Crippen molar-refractivity contribution in [3.8, 4) is 0 Å². The first-order valence-electron chi connectivity index (χ1n) is 8.37. The van der Waals surface area contributed by atoms with E-state index in [-0.39, 0.29) is 0 Å². The van der Waals surface area contributed by atoms with Crippen molar-refractivity contribution in [3.05, 3.63) is 6.92 Å². The van der Waals surface area contributed by atoms with Gasteiger partial charge in [-0.15, -0.1) is 0 Å². The van der Waals surface area contributed by atoms with E-state index in [0.717, 1.165) is 44.9 Å². The fourth-order valence-corrected chi connectivity index (χ4v) is 2.40. The molecule has 0 heterocycles. The molecule has 0 spiro atoms. The molecule has 0 aromatic carbocycles. The van der Waals surface area contributed by atoms with E-state index in [4.69, 9.17) is 0 Å². The predicted octanol–water partition coefficient (Wildman–Crippen LogP) is 4.63. The molecule has 0 amide bonds. The minimum atomic E-state index is -0.523. The molecule has 0 rings (SSSR count). The Morgan fingerprint density at radius 3 is 1.58 bits per heavy atom. The third kappa shape index (κ3) is 12.7. The number of rotatable bonds is 14. The van der Waals surface area contributed by atoms with Gasteiger partial charge >= 0.3 is 0 Å². The molecular formula is C17H35O2. The van der Waals surface area contributed by atoms with Crippen LogP contribution in [0.15, 0.2) is 0 Å². The van der Waals surface area contributed by atoms with Gasteiger partial charge in [0.15, 0.2) is 0 Å². The summed E-state index contributed by atoms with van der Waals surface area (Å²) in [6.45, 7) is 6.03. The van der Waals surface area contributed by atoms with Gasteiger partial charge in [-0.2, -0.15) is 0 Å². The van der Waals surface area contributed by atoms with E-state index in [0.29, 0.717) is 0 Å². The van der Waals surface area contributed by atoms with E-state index in [1.807, 2.05) is 0 Å². The molecule has 0 aliphatic rings. The van der Waals surface area contributed by atoms with Crippen LogP contribution in [0.4, 0.5) is 0 Å². The fraction of sp³-hybridized carbons (Fsp3) is 0.941. The van der Waals surface area contributed by atoms with Crippen LogP contribution in [0.2, 0.25) is 0 Å². The summed E-state index contributed by atoms with van der Waals surface area (Å²) in [5.41, 5.74) is 0. The normalized spacial score (nSPS) is 14.5. The maximum Gasteiger partial charge on any atom is 0.0799 e. The maximum absolute atomic E-state index is 9.85. The van der Waals surface area contributed by atoms with Crippen LogP contribution in [0.25, 0.3) is 0 Å². The Balaban J connectivity index is 3.33. The van der Waals surface area contributed by atoms with Crippen molar-refractivity contribution < 1.29 is 10.2 Å². The summed E-state index contributed by atoms with van der Waals surface area (Å²) in [4.78, 5) is 0. The lowest BCUT2D eigenvalue weighted by Crippen LogP contribution is -2.25. The summed E-state index contributed by atoms with van der Waals surface area (Å²) in [5, 5.41) is 19.7. The second-order valence-electron chi connectivity index (χ2n) is 5.75. The SMILES string of the molecule is [CH2]CCCCCC(O)C(O)CCCCCCCCC. The zero-order valence-electron chi connectivity index (χ0n) is 12.9. The molecule has 0 aliphatic carbocycles. The third-order valence-electron chi connectivity index (χ3n) is 3.80. The molecule has 2 heteroatoms. The van der Waals surface area contributed by atoms with Crippen LogP contribution in [0.5, 0.6) is 0 Å². The summed E-state index contributed by atoms with van der Waals surface area (Å²) in [7, 11) is 0. The van der Waals surface area contributed by atoms with Crippen molar-refractivity contribution in [2.75, 3.05) is 0 Å². The number of hydrogen-bond donors (Lipinski definition) is 2. The van der Waals surface area contributed by atoms with Gasteiger partial charge in [-0.1, -0.05) is 84.5 Å². The van der Waals surface area contributed by atoms with Gasteiger partial charge in [-0.3, -0.25) is 0 Å². The summed E-state index contributed by atoms with van der Waals surface area (Å²) < 4.78 is 0. The minimum Gasteiger partial charge on any atom is -0.390 e. The van der Waals surface area contributed by atoms with Crippen LogP contribution in [-0.4, -0.2) is 22.4 Å². The Morgan fingerprint density at radius 1 is 0.684 bits per heavy atom. The second kappa shape index (κ2) is 14.3. The summed E-state index contributed by atoms with van der Waals surface area (Å²) in [6, 6.07) is 0. The average Bonchev–Trinajstić information content (AvgIpc) is 2.42. The molecule has 0 aromatic heterocycles. The monoisotopic (exact) mass is 271 g/mol. The van der Waals surface area contributed by atoms with Crippen molar-refractivity contribution in [1.82, 2.24) is 0 Å². The van der Waals surface area contributed by atoms with Gasteiger partial charge in [-0.25, -0.2) is 0 Å². The predicted molar refractivity (Wildman–Crippen MR) is 83.1 cm³/mol. The molecule has 2 atom stereocenters. The lowest BCUT2D eigenvalue weighted by atomic mass is 10.00. The maximum atomic E-state index is 9.85. The van der Waals surface area contributed by atoms with Crippen LogP contribution in [0.3, 0.4) is 0 Å². The van der Waals surface area contributed by atoms with E-state index in [1.54, 1.807) is 0 Å². The van der Waals surface area contributed by atoms with Crippen molar-refractivity contribution in [3.63, 3.8) is 0 Å². The highest BCUT2D eigenvalue weighted by Crippen LogP contribution is 2.14. The first-order chi connectivity index (χ1) is 9.22. The lowest BCUT2D eigenvalue weighted by Gasteiger charge is -2.17. The Kier molecular flexibility index (Phi) is 14.3. The third-order valence-corrected chi connectivity index (χ3v) is 3.80. The van der Waals surface area contributed by atoms with Crippen molar-refractivity contribution in [2.24, 2.45) is 0 Å². The second-order valence-corrected chi connectivity index (χ2v) is 5.75. The van der Waals surface area contributed by atoms with Crippen LogP contribution in [0.1, 0.15) is 90.4 Å². The van der Waals surface area contributed by atoms with E-state index >= 15 is 0 Å². The van der Waals surface area contributed by atoms with Gasteiger partial charge in [0.25, 0.3) is 0 Å². The number of aliphatic hydroxyl groups is 2. The molecule has 2 N–H and O–H groups in total. The van der Waals surface area contributed by atoms with Gasteiger partial charge in [0.1, 0.15) is 0 Å². The largest absolute Gasteiger partial charge is 0.390 e. The van der Waals surface area contributed by atoms with Gasteiger partial charge in [0.2, 0.25) is 0 Å². The molecule has 1 radical (unpaired) electrons.